The summed E-state index contributed by atoms with van der Waals surface area (Å²) in [4.78, 5) is 14.6. The minimum atomic E-state index is -3.45. The topological polar surface area (TPSA) is 84.3 Å². The molecule has 0 saturated heterocycles. The van der Waals surface area contributed by atoms with E-state index in [1.165, 1.54) is 0 Å². The molecule has 1 heterocycles. The van der Waals surface area contributed by atoms with Gasteiger partial charge in [-0.05, 0) is 24.5 Å². The zero-order chi connectivity index (χ0) is 14.8. The average Bonchev–Trinajstić information content (AvgIpc) is 2.80. The van der Waals surface area contributed by atoms with Crippen molar-refractivity contribution in [2.24, 2.45) is 5.92 Å². The van der Waals surface area contributed by atoms with Crippen molar-refractivity contribution in [1.29, 1.82) is 0 Å². The number of thiazole rings is 1. The Morgan fingerprint density at radius 1 is 1.40 bits per heavy atom. The van der Waals surface area contributed by atoms with Crippen LogP contribution in [0.5, 0.6) is 0 Å². The molecule has 0 radical (unpaired) electrons. The lowest BCUT2D eigenvalue weighted by molar-refractivity contribution is -0.137. The maximum atomic E-state index is 12.3. The minimum Gasteiger partial charge on any atom is -0.481 e. The summed E-state index contributed by atoms with van der Waals surface area (Å²) in [6.45, 7) is 1.74. The van der Waals surface area contributed by atoms with E-state index in [2.05, 4.69) is 4.98 Å². The molecule has 108 valence electrons. The van der Waals surface area contributed by atoms with Crippen molar-refractivity contribution in [3.63, 3.8) is 0 Å². The number of para-hydroxylation sites is 1. The van der Waals surface area contributed by atoms with Gasteiger partial charge in [0.1, 0.15) is 0 Å². The molecule has 1 N–H and O–H groups in total. The summed E-state index contributed by atoms with van der Waals surface area (Å²) < 4.78 is 25.5. The molecule has 2 rings (SSSR count). The summed E-state index contributed by atoms with van der Waals surface area (Å²) in [6.07, 6.45) is 0.329. The first kappa shape index (κ1) is 14.9. The SMILES string of the molecule is CC(CCC(=O)O)CS(=O)(=O)c1nc2ccccc2s1. The van der Waals surface area contributed by atoms with Crippen LogP contribution in [0.3, 0.4) is 0 Å². The van der Waals surface area contributed by atoms with Crippen LogP contribution in [0, 0.1) is 5.92 Å². The predicted molar refractivity (Wildman–Crippen MR) is 77.7 cm³/mol. The summed E-state index contributed by atoms with van der Waals surface area (Å²) in [6, 6.07) is 7.26. The second-order valence-electron chi connectivity index (χ2n) is 4.77. The van der Waals surface area contributed by atoms with Gasteiger partial charge in [-0.3, -0.25) is 4.79 Å². The second kappa shape index (κ2) is 5.88. The molecule has 0 saturated carbocycles. The molecule has 1 aromatic heterocycles. The van der Waals surface area contributed by atoms with Gasteiger partial charge in [0.15, 0.2) is 0 Å². The first-order valence-corrected chi connectivity index (χ1v) is 8.65. The van der Waals surface area contributed by atoms with Gasteiger partial charge in [-0.25, -0.2) is 13.4 Å². The molecular weight excluding hydrogens is 298 g/mol. The quantitative estimate of drug-likeness (QED) is 0.886. The van der Waals surface area contributed by atoms with Crippen LogP contribution in [0.4, 0.5) is 0 Å². The number of hydrogen-bond donors (Lipinski definition) is 1. The van der Waals surface area contributed by atoms with Crippen LogP contribution < -0.4 is 0 Å². The number of nitrogens with zero attached hydrogens (tertiary/aromatic N) is 1. The third kappa shape index (κ3) is 3.55. The van der Waals surface area contributed by atoms with E-state index in [0.29, 0.717) is 11.9 Å². The third-order valence-corrected chi connectivity index (χ3v) is 6.37. The van der Waals surface area contributed by atoms with E-state index >= 15 is 0 Å². The fourth-order valence-corrected chi connectivity index (χ4v) is 4.86. The van der Waals surface area contributed by atoms with E-state index in [9.17, 15) is 13.2 Å². The highest BCUT2D eigenvalue weighted by Gasteiger charge is 2.22. The number of carboxylic acid groups (broad SMARTS) is 1. The Morgan fingerprint density at radius 3 is 2.75 bits per heavy atom. The average molecular weight is 313 g/mol. The van der Waals surface area contributed by atoms with Crippen molar-refractivity contribution in [3.8, 4) is 0 Å². The van der Waals surface area contributed by atoms with Gasteiger partial charge in [0.25, 0.3) is 0 Å². The lowest BCUT2D eigenvalue weighted by Crippen LogP contribution is -2.15. The van der Waals surface area contributed by atoms with Crippen molar-refractivity contribution in [3.05, 3.63) is 24.3 Å². The molecule has 0 spiro atoms. The number of rotatable bonds is 6. The van der Waals surface area contributed by atoms with Gasteiger partial charge in [0.2, 0.25) is 14.2 Å². The molecule has 0 amide bonds. The molecule has 1 aromatic carbocycles. The molecule has 0 aliphatic carbocycles. The van der Waals surface area contributed by atoms with Gasteiger partial charge in [-0.1, -0.05) is 19.1 Å². The van der Waals surface area contributed by atoms with E-state index in [0.717, 1.165) is 16.0 Å². The smallest absolute Gasteiger partial charge is 0.303 e. The van der Waals surface area contributed by atoms with E-state index in [1.54, 1.807) is 13.0 Å². The van der Waals surface area contributed by atoms with Gasteiger partial charge in [0.05, 0.1) is 16.0 Å². The lowest BCUT2D eigenvalue weighted by atomic mass is 10.1. The van der Waals surface area contributed by atoms with Gasteiger partial charge in [-0.15, -0.1) is 11.3 Å². The molecular formula is C13H15NO4S2. The molecule has 1 atom stereocenters. The summed E-state index contributed by atoms with van der Waals surface area (Å²) in [5.41, 5.74) is 0.675. The number of sulfone groups is 1. The van der Waals surface area contributed by atoms with Crippen molar-refractivity contribution >= 4 is 37.4 Å². The fourth-order valence-electron chi connectivity index (χ4n) is 1.88. The van der Waals surface area contributed by atoms with Crippen LogP contribution in [-0.2, 0) is 14.6 Å². The van der Waals surface area contributed by atoms with Crippen LogP contribution >= 0.6 is 11.3 Å². The molecule has 0 fully saturated rings. The maximum Gasteiger partial charge on any atom is 0.303 e. The first-order valence-electron chi connectivity index (χ1n) is 6.18. The monoisotopic (exact) mass is 313 g/mol. The summed E-state index contributed by atoms with van der Waals surface area (Å²) >= 11 is 1.16. The Balaban J connectivity index is 2.15. The molecule has 0 aliphatic rings. The van der Waals surface area contributed by atoms with Gasteiger partial charge < -0.3 is 5.11 Å². The Bertz CT molecular complexity index is 688. The third-order valence-electron chi connectivity index (χ3n) is 2.90. The summed E-state index contributed by atoms with van der Waals surface area (Å²) in [7, 11) is -3.45. The molecule has 5 nitrogen and oxygen atoms in total. The molecule has 0 aliphatic heterocycles. The van der Waals surface area contributed by atoms with E-state index in [1.807, 2.05) is 18.2 Å². The van der Waals surface area contributed by atoms with Crippen molar-refractivity contribution in [1.82, 2.24) is 4.98 Å². The summed E-state index contributed by atoms with van der Waals surface area (Å²) in [5, 5.41) is 8.61. The van der Waals surface area contributed by atoms with Crippen LogP contribution in [-0.4, -0.2) is 30.2 Å². The Hall–Kier alpha value is -1.47. The van der Waals surface area contributed by atoms with Gasteiger partial charge in [0, 0.05) is 6.42 Å². The van der Waals surface area contributed by atoms with Crippen LogP contribution in [0.15, 0.2) is 28.6 Å². The number of hydrogen-bond acceptors (Lipinski definition) is 5. The molecule has 20 heavy (non-hydrogen) atoms. The Kier molecular flexibility index (Phi) is 4.39. The number of benzene rings is 1. The summed E-state index contributed by atoms with van der Waals surface area (Å²) in [5.74, 6) is -1.18. The fraction of sp³-hybridized carbons (Fsp3) is 0.385. The number of aromatic nitrogens is 1. The van der Waals surface area contributed by atoms with Gasteiger partial charge in [-0.2, -0.15) is 0 Å². The predicted octanol–water partition coefficient (Wildman–Crippen LogP) is 2.57. The molecule has 7 heteroatoms. The van der Waals surface area contributed by atoms with Crippen LogP contribution in [0.2, 0.25) is 0 Å². The van der Waals surface area contributed by atoms with Crippen LogP contribution in [0.25, 0.3) is 10.2 Å². The van der Waals surface area contributed by atoms with E-state index in [-0.39, 0.29) is 22.4 Å². The second-order valence-corrected chi connectivity index (χ2v) is 8.01. The number of carboxylic acids is 1. The zero-order valence-electron chi connectivity index (χ0n) is 10.9. The van der Waals surface area contributed by atoms with E-state index in [4.69, 9.17) is 5.11 Å². The maximum absolute atomic E-state index is 12.3. The minimum absolute atomic E-state index is 0.0173. The highest BCUT2D eigenvalue weighted by atomic mass is 32.2. The largest absolute Gasteiger partial charge is 0.481 e. The Labute approximate surface area is 121 Å². The standard InChI is InChI=1S/C13H15NO4S2/c1-9(6-7-12(15)16)8-20(17,18)13-14-10-4-2-3-5-11(10)19-13/h2-5,9H,6-8H2,1H3,(H,15,16). The van der Waals surface area contributed by atoms with Crippen LogP contribution in [0.1, 0.15) is 19.8 Å². The van der Waals surface area contributed by atoms with Crippen molar-refractivity contribution in [2.75, 3.05) is 5.75 Å². The van der Waals surface area contributed by atoms with Crippen molar-refractivity contribution < 1.29 is 18.3 Å². The lowest BCUT2D eigenvalue weighted by Gasteiger charge is -2.08. The normalized spacial score (nSPS) is 13.4. The molecule has 1 unspecified atom stereocenters. The van der Waals surface area contributed by atoms with Crippen molar-refractivity contribution in [2.45, 2.75) is 24.1 Å². The first-order chi connectivity index (χ1) is 9.38. The molecule has 2 aromatic rings. The zero-order valence-corrected chi connectivity index (χ0v) is 12.6. The highest BCUT2D eigenvalue weighted by molar-refractivity contribution is 7.93. The highest BCUT2D eigenvalue weighted by Crippen LogP contribution is 2.27. The van der Waals surface area contributed by atoms with Gasteiger partial charge >= 0.3 is 5.97 Å². The number of fused-ring (bicyclic) bond motifs is 1. The van der Waals surface area contributed by atoms with E-state index < -0.39 is 15.8 Å². The number of carbonyl (C=O) groups is 1. The Morgan fingerprint density at radius 2 is 2.10 bits per heavy atom. The number of aliphatic carboxylic acids is 1. The molecule has 0 bridgehead atoms.